The van der Waals surface area contributed by atoms with E-state index >= 15 is 0 Å². The third-order valence-electron chi connectivity index (χ3n) is 1.93. The number of halogens is 1. The lowest BCUT2D eigenvalue weighted by molar-refractivity contribution is 0.101. The Morgan fingerprint density at radius 2 is 2.31 bits per heavy atom. The summed E-state index contributed by atoms with van der Waals surface area (Å²) in [6, 6.07) is 5.66. The molecule has 0 radical (unpaired) electrons. The maximum absolute atomic E-state index is 11.5. The lowest BCUT2D eigenvalue weighted by atomic mass is 10.1. The molecule has 0 atom stereocenters. The van der Waals surface area contributed by atoms with E-state index in [0.717, 1.165) is 19.3 Å². The highest BCUT2D eigenvalue weighted by Crippen LogP contribution is 2.33. The van der Waals surface area contributed by atoms with Crippen molar-refractivity contribution in [1.82, 2.24) is 4.98 Å². The zero-order chi connectivity index (χ0) is 11.5. The first kappa shape index (κ1) is 11.8. The van der Waals surface area contributed by atoms with E-state index in [-0.39, 0.29) is 5.78 Å². The maximum Gasteiger partial charge on any atom is 0.160 e. The molecule has 5 heteroatoms. The van der Waals surface area contributed by atoms with Crippen molar-refractivity contribution in [2.45, 2.75) is 16.2 Å². The lowest BCUT2D eigenvalue weighted by Crippen LogP contribution is -1.94. The van der Waals surface area contributed by atoms with Gasteiger partial charge in [0.1, 0.15) is 0 Å². The minimum Gasteiger partial charge on any atom is -0.294 e. The lowest BCUT2D eigenvalue weighted by Gasteiger charge is -2.05. The largest absolute Gasteiger partial charge is 0.294 e. The van der Waals surface area contributed by atoms with Gasteiger partial charge < -0.3 is 0 Å². The average molecular weight is 314 g/mol. The highest BCUT2D eigenvalue weighted by atomic mass is 79.9. The van der Waals surface area contributed by atoms with Crippen molar-refractivity contribution in [3.05, 3.63) is 39.8 Å². The SMILES string of the molecule is CC(=O)c1ccc(Br)cc1Sc1nccs1. The van der Waals surface area contributed by atoms with Gasteiger partial charge in [0.2, 0.25) is 0 Å². The molecule has 0 N–H and O–H groups in total. The Hall–Kier alpha value is -0.650. The summed E-state index contributed by atoms with van der Waals surface area (Å²) in [5.74, 6) is 0.0755. The molecule has 16 heavy (non-hydrogen) atoms. The maximum atomic E-state index is 11.5. The molecule has 0 aliphatic rings. The summed E-state index contributed by atoms with van der Waals surface area (Å²) in [4.78, 5) is 16.6. The second kappa shape index (κ2) is 5.12. The molecule has 0 saturated carbocycles. The van der Waals surface area contributed by atoms with E-state index in [1.165, 1.54) is 11.8 Å². The van der Waals surface area contributed by atoms with E-state index in [2.05, 4.69) is 20.9 Å². The summed E-state index contributed by atoms with van der Waals surface area (Å²) in [7, 11) is 0. The van der Waals surface area contributed by atoms with Crippen LogP contribution in [0.15, 0.2) is 43.5 Å². The second-order valence-electron chi connectivity index (χ2n) is 3.10. The van der Waals surface area contributed by atoms with Gasteiger partial charge in [-0.05, 0) is 25.1 Å². The van der Waals surface area contributed by atoms with Gasteiger partial charge in [0.05, 0.1) is 0 Å². The van der Waals surface area contributed by atoms with E-state index in [4.69, 9.17) is 0 Å². The Bertz CT molecular complexity index is 511. The normalized spacial score (nSPS) is 10.4. The fraction of sp³-hybridized carbons (Fsp3) is 0.0909. The van der Waals surface area contributed by atoms with Crippen molar-refractivity contribution >= 4 is 44.8 Å². The molecule has 0 bridgehead atoms. The number of rotatable bonds is 3. The number of benzene rings is 1. The van der Waals surface area contributed by atoms with Gasteiger partial charge in [-0.1, -0.05) is 27.7 Å². The average Bonchev–Trinajstić information content (AvgIpc) is 2.70. The minimum absolute atomic E-state index is 0.0755. The molecule has 2 nitrogen and oxygen atoms in total. The molecule has 1 heterocycles. The molecule has 0 aliphatic heterocycles. The topological polar surface area (TPSA) is 30.0 Å². The summed E-state index contributed by atoms with van der Waals surface area (Å²) in [6.07, 6.45) is 1.76. The number of ketones is 1. The van der Waals surface area contributed by atoms with Crippen LogP contribution in [0.25, 0.3) is 0 Å². The minimum atomic E-state index is 0.0755. The first-order valence-electron chi connectivity index (χ1n) is 4.54. The molecular formula is C11H8BrNOS2. The molecule has 0 amide bonds. The van der Waals surface area contributed by atoms with Crippen LogP contribution in [0.2, 0.25) is 0 Å². The van der Waals surface area contributed by atoms with Gasteiger partial charge in [0, 0.05) is 26.5 Å². The van der Waals surface area contributed by atoms with Gasteiger partial charge in [0.25, 0.3) is 0 Å². The fourth-order valence-corrected chi connectivity index (χ4v) is 3.54. The van der Waals surface area contributed by atoms with Crippen LogP contribution in [0.1, 0.15) is 17.3 Å². The van der Waals surface area contributed by atoms with Crippen molar-refractivity contribution < 1.29 is 4.79 Å². The first-order valence-corrected chi connectivity index (χ1v) is 7.03. The van der Waals surface area contributed by atoms with Crippen molar-refractivity contribution in [3.8, 4) is 0 Å². The fourth-order valence-electron chi connectivity index (χ4n) is 1.23. The Morgan fingerprint density at radius 1 is 1.50 bits per heavy atom. The summed E-state index contributed by atoms with van der Waals surface area (Å²) >= 11 is 6.50. The van der Waals surface area contributed by atoms with Crippen LogP contribution in [-0.2, 0) is 0 Å². The molecule has 0 spiro atoms. The number of hydrogen-bond donors (Lipinski definition) is 0. The van der Waals surface area contributed by atoms with Crippen LogP contribution in [0.3, 0.4) is 0 Å². The molecule has 0 saturated heterocycles. The van der Waals surface area contributed by atoms with Gasteiger partial charge >= 0.3 is 0 Å². The van der Waals surface area contributed by atoms with Crippen LogP contribution in [-0.4, -0.2) is 10.8 Å². The third-order valence-corrected chi connectivity index (χ3v) is 4.36. The molecule has 0 unspecified atom stereocenters. The number of carbonyl (C=O) groups excluding carboxylic acids is 1. The number of hydrogen-bond acceptors (Lipinski definition) is 4. The highest BCUT2D eigenvalue weighted by molar-refractivity contribution is 9.10. The summed E-state index contributed by atoms with van der Waals surface area (Å²) in [6.45, 7) is 1.58. The first-order chi connectivity index (χ1) is 7.66. The van der Waals surface area contributed by atoms with Gasteiger partial charge in [-0.2, -0.15) is 0 Å². The van der Waals surface area contributed by atoms with E-state index < -0.39 is 0 Å². The third kappa shape index (κ3) is 2.72. The van der Waals surface area contributed by atoms with Gasteiger partial charge in [-0.15, -0.1) is 11.3 Å². The summed E-state index contributed by atoms with van der Waals surface area (Å²) in [5.41, 5.74) is 0.739. The number of nitrogens with zero attached hydrogens (tertiary/aromatic N) is 1. The molecule has 2 rings (SSSR count). The van der Waals surface area contributed by atoms with E-state index in [9.17, 15) is 4.79 Å². The molecule has 0 aliphatic carbocycles. The Kier molecular flexibility index (Phi) is 3.78. The zero-order valence-electron chi connectivity index (χ0n) is 8.44. The van der Waals surface area contributed by atoms with Gasteiger partial charge in [0.15, 0.2) is 10.1 Å². The van der Waals surface area contributed by atoms with Gasteiger partial charge in [-0.25, -0.2) is 4.98 Å². The van der Waals surface area contributed by atoms with Crippen molar-refractivity contribution in [1.29, 1.82) is 0 Å². The monoisotopic (exact) mass is 313 g/mol. The number of Topliss-reactive ketones (excluding diaryl/α,β-unsaturated/α-hetero) is 1. The van der Waals surface area contributed by atoms with Crippen LogP contribution < -0.4 is 0 Å². The van der Waals surface area contributed by atoms with Crippen LogP contribution in [0, 0.1) is 0 Å². The second-order valence-corrected chi connectivity index (χ2v) is 6.20. The standard InChI is InChI=1S/C11H8BrNOS2/c1-7(14)9-3-2-8(12)6-10(9)16-11-13-4-5-15-11/h2-6H,1H3. The van der Waals surface area contributed by atoms with Crippen LogP contribution in [0.4, 0.5) is 0 Å². The predicted octanol–water partition coefficient (Wildman–Crippen LogP) is 4.26. The van der Waals surface area contributed by atoms with Gasteiger partial charge in [-0.3, -0.25) is 4.79 Å². The molecule has 0 fully saturated rings. The number of carbonyl (C=O) groups is 1. The smallest absolute Gasteiger partial charge is 0.160 e. The molecular weight excluding hydrogens is 306 g/mol. The number of aromatic nitrogens is 1. The quantitative estimate of drug-likeness (QED) is 0.793. The van der Waals surface area contributed by atoms with Crippen LogP contribution >= 0.6 is 39.0 Å². The zero-order valence-corrected chi connectivity index (χ0v) is 11.7. The summed E-state index contributed by atoms with van der Waals surface area (Å²) in [5, 5.41) is 1.92. The molecule has 1 aromatic heterocycles. The van der Waals surface area contributed by atoms with Crippen molar-refractivity contribution in [2.75, 3.05) is 0 Å². The predicted molar refractivity (Wildman–Crippen MR) is 70.4 cm³/mol. The molecule has 2 aromatic rings. The molecule has 1 aromatic carbocycles. The number of thiazole rings is 1. The van der Waals surface area contributed by atoms with E-state index in [1.54, 1.807) is 24.5 Å². The summed E-state index contributed by atoms with van der Waals surface area (Å²) < 4.78 is 1.91. The van der Waals surface area contributed by atoms with Crippen molar-refractivity contribution in [2.24, 2.45) is 0 Å². The van der Waals surface area contributed by atoms with E-state index in [1.807, 2.05) is 23.6 Å². The Morgan fingerprint density at radius 3 is 2.94 bits per heavy atom. The van der Waals surface area contributed by atoms with E-state index in [0.29, 0.717) is 0 Å². The van der Waals surface area contributed by atoms with Crippen LogP contribution in [0.5, 0.6) is 0 Å². The highest BCUT2D eigenvalue weighted by Gasteiger charge is 2.10. The van der Waals surface area contributed by atoms with Crippen molar-refractivity contribution in [3.63, 3.8) is 0 Å². The Labute approximate surface area is 110 Å². The molecule has 82 valence electrons. The Balaban J connectivity index is 2.38.